The number of aromatic nitrogens is 1. The normalized spacial score (nSPS) is 18.2. The summed E-state index contributed by atoms with van der Waals surface area (Å²) in [5.74, 6) is -0.585. The Kier molecular flexibility index (Phi) is 7.09. The fraction of sp³-hybridized carbons (Fsp3) is 0.350. The molecule has 11 heteroatoms. The summed E-state index contributed by atoms with van der Waals surface area (Å²) in [6.45, 7) is 0.569. The molecule has 3 aromatic rings. The molecule has 0 radical (unpaired) electrons. The second kappa shape index (κ2) is 9.80. The zero-order valence-corrected chi connectivity index (χ0v) is 19.7. The summed E-state index contributed by atoms with van der Waals surface area (Å²) >= 11 is 4.35. The van der Waals surface area contributed by atoms with Crippen LogP contribution in [-0.2, 0) is 30.8 Å². The van der Waals surface area contributed by atoms with Crippen molar-refractivity contribution in [2.75, 3.05) is 6.61 Å². The summed E-state index contributed by atoms with van der Waals surface area (Å²) in [5.41, 5.74) is 4.12. The van der Waals surface area contributed by atoms with E-state index in [4.69, 9.17) is 9.57 Å². The van der Waals surface area contributed by atoms with Gasteiger partial charge < -0.3 is 9.72 Å². The van der Waals surface area contributed by atoms with Gasteiger partial charge in [-0.25, -0.2) is 18.7 Å². The number of ether oxygens (including phenoxy) is 1. The Morgan fingerprint density at radius 1 is 1.29 bits per heavy atom. The molecule has 1 saturated heterocycles. The average Bonchev–Trinajstić information content (AvgIpc) is 3.39. The summed E-state index contributed by atoms with van der Waals surface area (Å²) in [6, 6.07) is 9.71. The number of hydrogen-bond donors (Lipinski definition) is 3. The zero-order valence-electron chi connectivity index (χ0n) is 16.5. The maximum Gasteiger partial charge on any atom is 0.262 e. The number of nitrogens with one attached hydrogen (secondary N) is 3. The number of H-pyrrole nitrogens is 1. The number of fused-ring (bicyclic) bond motifs is 1. The van der Waals surface area contributed by atoms with E-state index in [2.05, 4.69) is 31.1 Å². The van der Waals surface area contributed by atoms with Crippen LogP contribution in [0.25, 0.3) is 10.9 Å². The van der Waals surface area contributed by atoms with Gasteiger partial charge in [0.2, 0.25) is 0 Å². The fourth-order valence-electron chi connectivity index (χ4n) is 3.39. The van der Waals surface area contributed by atoms with Crippen molar-refractivity contribution in [1.29, 1.82) is 0 Å². The van der Waals surface area contributed by atoms with Gasteiger partial charge in [0.1, 0.15) is 10.3 Å². The van der Waals surface area contributed by atoms with Crippen molar-refractivity contribution in [2.24, 2.45) is 0 Å². The average molecular weight is 528 g/mol. The number of hydrogen-bond acceptors (Lipinski definition) is 6. The molecule has 3 N–H and O–H groups in total. The molecule has 1 fully saturated rings. The number of amides is 1. The van der Waals surface area contributed by atoms with Crippen LogP contribution in [0.5, 0.6) is 0 Å². The first-order chi connectivity index (χ1) is 14.9. The highest BCUT2D eigenvalue weighted by atomic mass is 79.9. The van der Waals surface area contributed by atoms with E-state index in [1.165, 1.54) is 6.07 Å². The zero-order chi connectivity index (χ0) is 21.8. The molecule has 0 saturated carbocycles. The molecule has 3 heterocycles. The van der Waals surface area contributed by atoms with Crippen LogP contribution in [0, 0.1) is 0 Å². The smallest absolute Gasteiger partial charge is 0.262 e. The van der Waals surface area contributed by atoms with Crippen molar-refractivity contribution in [3.05, 3.63) is 51.9 Å². The van der Waals surface area contributed by atoms with Crippen LogP contribution in [0.4, 0.5) is 0 Å². The molecule has 1 unspecified atom stereocenters. The maximum absolute atomic E-state index is 12.9. The molecule has 1 aliphatic rings. The third kappa shape index (κ3) is 5.54. The number of sulfonamides is 1. The Bertz CT molecular complexity index is 1150. The van der Waals surface area contributed by atoms with Crippen LogP contribution >= 0.6 is 27.3 Å². The lowest BCUT2D eigenvalue weighted by Gasteiger charge is -2.24. The van der Waals surface area contributed by atoms with E-state index in [1.807, 2.05) is 24.3 Å². The lowest BCUT2D eigenvalue weighted by Crippen LogP contribution is -2.48. The third-order valence-electron chi connectivity index (χ3n) is 4.96. The van der Waals surface area contributed by atoms with E-state index in [1.54, 1.807) is 12.3 Å². The molecule has 1 aromatic carbocycles. The molecule has 8 nitrogen and oxygen atoms in total. The molecule has 0 spiro atoms. The number of hydroxylamine groups is 1. The SMILES string of the molecule is O=C(NOC1CCCCO1)[C@@H](Cc1c[nH]c2ccccc12)NS(=O)(=O)c1ccc(Br)s1. The summed E-state index contributed by atoms with van der Waals surface area (Å²) in [7, 11) is -3.90. The first kappa shape index (κ1) is 22.4. The topological polar surface area (TPSA) is 110 Å². The van der Waals surface area contributed by atoms with E-state index in [0.717, 1.165) is 40.6 Å². The Balaban J connectivity index is 1.54. The van der Waals surface area contributed by atoms with E-state index >= 15 is 0 Å². The predicted molar refractivity (Wildman–Crippen MR) is 121 cm³/mol. The summed E-state index contributed by atoms with van der Waals surface area (Å²) < 4.78 is 34.6. The van der Waals surface area contributed by atoms with Crippen LogP contribution < -0.4 is 10.2 Å². The van der Waals surface area contributed by atoms with Gasteiger partial charge in [-0.15, -0.1) is 11.3 Å². The molecule has 0 aliphatic carbocycles. The van der Waals surface area contributed by atoms with Crippen molar-refractivity contribution >= 4 is 54.1 Å². The van der Waals surface area contributed by atoms with Gasteiger partial charge in [0.25, 0.3) is 15.9 Å². The van der Waals surface area contributed by atoms with Gasteiger partial charge in [-0.2, -0.15) is 4.72 Å². The Morgan fingerprint density at radius 2 is 2.13 bits per heavy atom. The Morgan fingerprint density at radius 3 is 2.87 bits per heavy atom. The molecule has 31 heavy (non-hydrogen) atoms. The number of carbonyl (C=O) groups excluding carboxylic acids is 1. The number of benzene rings is 1. The second-order valence-corrected chi connectivity index (χ2v) is 11.6. The number of para-hydroxylation sites is 1. The second-order valence-electron chi connectivity index (χ2n) is 7.18. The summed E-state index contributed by atoms with van der Waals surface area (Å²) in [6.07, 6.45) is 3.97. The highest BCUT2D eigenvalue weighted by Gasteiger charge is 2.29. The molecule has 166 valence electrons. The van der Waals surface area contributed by atoms with Crippen LogP contribution in [-0.4, -0.2) is 38.2 Å². The minimum Gasteiger partial charge on any atom is -0.361 e. The predicted octanol–water partition coefficient (Wildman–Crippen LogP) is 3.46. The van der Waals surface area contributed by atoms with Crippen LogP contribution in [0.3, 0.4) is 0 Å². The monoisotopic (exact) mass is 527 g/mol. The number of aromatic amines is 1. The number of thiophene rings is 1. The van der Waals surface area contributed by atoms with Crippen molar-refractivity contribution in [3.63, 3.8) is 0 Å². The van der Waals surface area contributed by atoms with E-state index in [-0.39, 0.29) is 10.6 Å². The van der Waals surface area contributed by atoms with Gasteiger partial charge in [-0.3, -0.25) is 4.79 Å². The van der Waals surface area contributed by atoms with Crippen LogP contribution in [0.2, 0.25) is 0 Å². The van der Waals surface area contributed by atoms with E-state index < -0.39 is 28.3 Å². The minimum atomic E-state index is -3.90. The number of carbonyl (C=O) groups is 1. The molecule has 4 rings (SSSR count). The quantitative estimate of drug-likeness (QED) is 0.388. The molecule has 2 aromatic heterocycles. The number of rotatable bonds is 8. The molecule has 1 aliphatic heterocycles. The molecular weight excluding hydrogens is 506 g/mol. The van der Waals surface area contributed by atoms with Gasteiger partial charge in [0.05, 0.1) is 3.79 Å². The van der Waals surface area contributed by atoms with Crippen molar-refractivity contribution < 1.29 is 22.8 Å². The van der Waals surface area contributed by atoms with Crippen molar-refractivity contribution in [2.45, 2.75) is 42.2 Å². The van der Waals surface area contributed by atoms with Gasteiger partial charge >= 0.3 is 0 Å². The minimum absolute atomic E-state index is 0.118. The summed E-state index contributed by atoms with van der Waals surface area (Å²) in [4.78, 5) is 21.5. The lowest BCUT2D eigenvalue weighted by molar-refractivity contribution is -0.201. The van der Waals surface area contributed by atoms with Crippen molar-refractivity contribution in [1.82, 2.24) is 15.2 Å². The fourth-order valence-corrected chi connectivity index (χ4v) is 6.62. The van der Waals surface area contributed by atoms with Crippen molar-refractivity contribution in [3.8, 4) is 0 Å². The van der Waals surface area contributed by atoms with E-state index in [9.17, 15) is 13.2 Å². The number of halogens is 1. The van der Waals surface area contributed by atoms with Gasteiger partial charge in [0, 0.05) is 30.1 Å². The first-order valence-electron chi connectivity index (χ1n) is 9.82. The van der Waals surface area contributed by atoms with Gasteiger partial charge in [-0.1, -0.05) is 18.2 Å². The van der Waals surface area contributed by atoms with Crippen LogP contribution in [0.1, 0.15) is 24.8 Å². The van der Waals surface area contributed by atoms with Crippen LogP contribution in [0.15, 0.2) is 50.6 Å². The molecule has 2 atom stereocenters. The van der Waals surface area contributed by atoms with Gasteiger partial charge in [0.15, 0.2) is 6.29 Å². The highest BCUT2D eigenvalue weighted by Crippen LogP contribution is 2.26. The standard InChI is InChI=1S/C20H22BrN3O5S2/c21-17-8-9-19(30-17)31(26,27)24-16(20(25)23-29-18-7-3-4-10-28-18)11-13-12-22-15-6-2-1-5-14(13)15/h1-2,5-6,8-9,12,16,18,22,24H,3-4,7,10-11H2,(H,23,25)/t16-,18?/m1/s1. The third-order valence-corrected chi connectivity index (χ3v) is 8.54. The molecular formula is C20H22BrN3O5S2. The maximum atomic E-state index is 12.9. The molecule has 0 bridgehead atoms. The Hall–Kier alpha value is -1.76. The van der Waals surface area contributed by atoms with E-state index in [0.29, 0.717) is 16.8 Å². The lowest BCUT2D eigenvalue weighted by atomic mass is 10.1. The Labute approximate surface area is 192 Å². The van der Waals surface area contributed by atoms with Gasteiger partial charge in [-0.05, 0) is 59.0 Å². The first-order valence-corrected chi connectivity index (χ1v) is 12.9. The molecule has 1 amide bonds. The summed E-state index contributed by atoms with van der Waals surface area (Å²) in [5, 5.41) is 0.926. The highest BCUT2D eigenvalue weighted by molar-refractivity contribution is 9.11. The largest absolute Gasteiger partial charge is 0.361 e.